The van der Waals surface area contributed by atoms with Crippen LogP contribution in [0.5, 0.6) is 5.75 Å². The van der Waals surface area contributed by atoms with Crippen molar-refractivity contribution in [3.8, 4) is 5.75 Å². The van der Waals surface area contributed by atoms with Crippen molar-refractivity contribution in [1.29, 1.82) is 0 Å². The normalized spacial score (nSPS) is 13.9. The summed E-state index contributed by atoms with van der Waals surface area (Å²) in [7, 11) is 0.0221. The second-order valence-corrected chi connectivity index (χ2v) is 6.39. The van der Waals surface area contributed by atoms with Gasteiger partial charge < -0.3 is 4.74 Å². The molecule has 94 valence electrons. The molecule has 0 bridgehead atoms. The van der Waals surface area contributed by atoms with Crippen LogP contribution in [-0.4, -0.2) is 22.3 Å². The Balaban J connectivity index is 3.00. The van der Waals surface area contributed by atoms with E-state index < -0.39 is 21.5 Å². The van der Waals surface area contributed by atoms with Crippen molar-refractivity contribution in [2.24, 2.45) is 4.40 Å². The van der Waals surface area contributed by atoms with Gasteiger partial charge in [-0.15, -0.1) is 0 Å². The highest BCUT2D eigenvalue weighted by Gasteiger charge is 2.18. The highest BCUT2D eigenvalue weighted by atomic mass is 32.2. The molecule has 0 aliphatic heterocycles. The van der Waals surface area contributed by atoms with E-state index in [1.165, 1.54) is 19.4 Å². The van der Waals surface area contributed by atoms with Gasteiger partial charge in [0.15, 0.2) is 11.6 Å². The van der Waals surface area contributed by atoms with Crippen LogP contribution in [0.15, 0.2) is 22.6 Å². The quantitative estimate of drug-likeness (QED) is 0.781. The molecule has 17 heavy (non-hydrogen) atoms. The summed E-state index contributed by atoms with van der Waals surface area (Å²) in [6.07, 6.45) is 1.38. The number of rotatable bonds is 3. The summed E-state index contributed by atoms with van der Waals surface area (Å²) >= 11 is 0. The maximum atomic E-state index is 13.3. The van der Waals surface area contributed by atoms with E-state index in [1.54, 1.807) is 12.1 Å². The second-order valence-electron chi connectivity index (χ2n) is 4.46. The van der Waals surface area contributed by atoms with Crippen molar-refractivity contribution in [2.45, 2.75) is 25.5 Å². The van der Waals surface area contributed by atoms with Crippen molar-refractivity contribution in [3.05, 3.63) is 29.6 Å². The number of methoxy groups -OCH3 is 1. The van der Waals surface area contributed by atoms with E-state index in [2.05, 4.69) is 4.40 Å². The van der Waals surface area contributed by atoms with Gasteiger partial charge in [-0.3, -0.25) is 0 Å². The third-order valence-electron chi connectivity index (χ3n) is 2.01. The molecule has 0 N–H and O–H groups in total. The Hall–Kier alpha value is -1.23. The van der Waals surface area contributed by atoms with Crippen molar-refractivity contribution < 1.29 is 13.3 Å². The summed E-state index contributed by atoms with van der Waals surface area (Å²) in [4.78, 5) is 0. The Morgan fingerprint density at radius 1 is 1.41 bits per heavy atom. The van der Waals surface area contributed by atoms with Crippen LogP contribution < -0.4 is 4.74 Å². The van der Waals surface area contributed by atoms with Gasteiger partial charge in [0.2, 0.25) is 0 Å². The molecule has 3 nitrogen and oxygen atoms in total. The van der Waals surface area contributed by atoms with Crippen molar-refractivity contribution in [1.82, 2.24) is 0 Å². The Bertz CT molecular complexity index is 452. The Morgan fingerprint density at radius 3 is 2.59 bits per heavy atom. The lowest BCUT2D eigenvalue weighted by molar-refractivity contribution is 0.386. The van der Waals surface area contributed by atoms with E-state index in [0.717, 1.165) is 0 Å². The first-order valence-electron chi connectivity index (χ1n) is 5.15. The summed E-state index contributed by atoms with van der Waals surface area (Å²) in [6.45, 7) is 5.47. The molecular weight excluding hydrogens is 241 g/mol. The van der Waals surface area contributed by atoms with Crippen molar-refractivity contribution in [3.63, 3.8) is 0 Å². The molecule has 0 aliphatic rings. The minimum atomic E-state index is -1.36. The van der Waals surface area contributed by atoms with Crippen LogP contribution in [-0.2, 0) is 11.0 Å². The van der Waals surface area contributed by atoms with Crippen LogP contribution in [0.4, 0.5) is 4.39 Å². The zero-order valence-corrected chi connectivity index (χ0v) is 11.2. The van der Waals surface area contributed by atoms with Crippen molar-refractivity contribution in [2.75, 3.05) is 7.11 Å². The van der Waals surface area contributed by atoms with Crippen LogP contribution in [0, 0.1) is 5.82 Å². The molecule has 0 radical (unpaired) electrons. The van der Waals surface area contributed by atoms with Gasteiger partial charge in [0, 0.05) is 11.8 Å². The fourth-order valence-corrected chi connectivity index (χ4v) is 1.63. The standard InChI is InChI=1S/C12H16FNO2S/c1-12(2,3)17(15)14-8-9-6-5-7-10(13)11(9)16-4/h5-8H,1-4H3/t17-/m0/s1. The third kappa shape index (κ3) is 3.63. The van der Waals surface area contributed by atoms with E-state index in [0.29, 0.717) is 5.56 Å². The van der Waals surface area contributed by atoms with Crippen molar-refractivity contribution >= 4 is 17.2 Å². The Morgan fingerprint density at radius 2 is 2.06 bits per heavy atom. The molecule has 1 atom stereocenters. The van der Waals surface area contributed by atoms with Gasteiger partial charge in [-0.05, 0) is 32.9 Å². The largest absolute Gasteiger partial charge is 0.493 e. The molecule has 0 unspecified atom stereocenters. The maximum absolute atomic E-state index is 13.3. The van der Waals surface area contributed by atoms with Crippen LogP contribution in [0.25, 0.3) is 0 Å². The lowest BCUT2D eigenvalue weighted by Crippen LogP contribution is -2.19. The number of benzene rings is 1. The highest BCUT2D eigenvalue weighted by Crippen LogP contribution is 2.21. The first-order chi connectivity index (χ1) is 7.86. The monoisotopic (exact) mass is 257 g/mol. The minimum Gasteiger partial charge on any atom is -0.493 e. The number of nitrogens with zero attached hydrogens (tertiary/aromatic N) is 1. The average molecular weight is 257 g/mol. The number of para-hydroxylation sites is 1. The molecule has 0 heterocycles. The first-order valence-corrected chi connectivity index (χ1v) is 6.25. The number of ether oxygens (including phenoxy) is 1. The summed E-state index contributed by atoms with van der Waals surface area (Å²) < 4.78 is 33.5. The SMILES string of the molecule is COc1c(F)cccc1C=N[S@@](=O)C(C)(C)C. The third-order valence-corrected chi connectivity index (χ3v) is 3.36. The Kier molecular flexibility index (Phi) is 4.40. The summed E-state index contributed by atoms with van der Waals surface area (Å²) in [5, 5.41) is 0. The summed E-state index contributed by atoms with van der Waals surface area (Å²) in [6, 6.07) is 4.52. The number of hydrogen-bond donors (Lipinski definition) is 0. The lowest BCUT2D eigenvalue weighted by atomic mass is 10.2. The average Bonchev–Trinajstić information content (AvgIpc) is 2.24. The highest BCUT2D eigenvalue weighted by molar-refractivity contribution is 7.85. The molecule has 0 aliphatic carbocycles. The molecule has 0 amide bonds. The van der Waals surface area contributed by atoms with Gasteiger partial charge in [-0.25, -0.2) is 8.60 Å². The van der Waals surface area contributed by atoms with Crippen LogP contribution in [0.1, 0.15) is 26.3 Å². The van der Waals surface area contributed by atoms with E-state index in [1.807, 2.05) is 20.8 Å². The predicted octanol–water partition coefficient (Wildman–Crippen LogP) is 2.72. The molecule has 1 aromatic carbocycles. The molecule has 0 fully saturated rings. The molecule has 5 heteroatoms. The van der Waals surface area contributed by atoms with Gasteiger partial charge in [0.25, 0.3) is 0 Å². The minimum absolute atomic E-state index is 0.113. The fraction of sp³-hybridized carbons (Fsp3) is 0.417. The van der Waals surface area contributed by atoms with E-state index >= 15 is 0 Å². The molecule has 0 saturated heterocycles. The summed E-state index contributed by atoms with van der Waals surface area (Å²) in [5.41, 5.74) is 0.477. The van der Waals surface area contributed by atoms with Gasteiger partial charge in [0.05, 0.1) is 11.9 Å². The lowest BCUT2D eigenvalue weighted by Gasteiger charge is -2.13. The van der Waals surface area contributed by atoms with Crippen LogP contribution >= 0.6 is 0 Å². The van der Waals surface area contributed by atoms with Gasteiger partial charge in [-0.2, -0.15) is 4.40 Å². The summed E-state index contributed by atoms with van der Waals surface area (Å²) in [5.74, 6) is -0.347. The first kappa shape index (κ1) is 13.8. The van der Waals surface area contributed by atoms with Crippen LogP contribution in [0.3, 0.4) is 0 Å². The topological polar surface area (TPSA) is 38.7 Å². The van der Waals surface area contributed by atoms with Gasteiger partial charge in [-0.1, -0.05) is 6.07 Å². The second kappa shape index (κ2) is 5.40. The predicted molar refractivity (Wildman–Crippen MR) is 68.4 cm³/mol. The fourth-order valence-electron chi connectivity index (χ4n) is 1.11. The number of hydrogen-bond acceptors (Lipinski definition) is 2. The molecule has 0 spiro atoms. The smallest absolute Gasteiger partial charge is 0.165 e. The molecule has 1 aromatic rings. The molecule has 1 rings (SSSR count). The van der Waals surface area contributed by atoms with E-state index in [4.69, 9.17) is 4.74 Å². The molecular formula is C12H16FNO2S. The molecule has 0 aromatic heterocycles. The zero-order chi connectivity index (χ0) is 13.1. The zero-order valence-electron chi connectivity index (χ0n) is 10.4. The number of halogens is 1. The van der Waals surface area contributed by atoms with E-state index in [-0.39, 0.29) is 5.75 Å². The van der Waals surface area contributed by atoms with Gasteiger partial charge in [0.1, 0.15) is 11.0 Å². The maximum Gasteiger partial charge on any atom is 0.165 e. The van der Waals surface area contributed by atoms with Crippen LogP contribution in [0.2, 0.25) is 0 Å². The van der Waals surface area contributed by atoms with Gasteiger partial charge >= 0.3 is 0 Å². The Labute approximate surface area is 103 Å². The van der Waals surface area contributed by atoms with E-state index in [9.17, 15) is 8.60 Å². The molecule has 0 saturated carbocycles.